The summed E-state index contributed by atoms with van der Waals surface area (Å²) in [5.74, 6) is 0.00265. The van der Waals surface area contributed by atoms with Crippen LogP contribution in [0.5, 0.6) is 5.75 Å². The molecule has 7 nitrogen and oxygen atoms in total. The number of carbonyl (C=O) groups is 1. The smallest absolute Gasteiger partial charge is 0.292 e. The van der Waals surface area contributed by atoms with Gasteiger partial charge in [0.1, 0.15) is 11.4 Å². The summed E-state index contributed by atoms with van der Waals surface area (Å²) in [6.45, 7) is 0.731. The van der Waals surface area contributed by atoms with Crippen LogP contribution in [0.1, 0.15) is 5.56 Å². The number of para-hydroxylation sites is 2. The first kappa shape index (κ1) is 16.3. The maximum Gasteiger partial charge on any atom is 0.292 e. The van der Waals surface area contributed by atoms with E-state index in [-0.39, 0.29) is 23.8 Å². The van der Waals surface area contributed by atoms with E-state index in [1.807, 2.05) is 0 Å². The Morgan fingerprint density at radius 3 is 2.48 bits per heavy atom. The Hall–Kier alpha value is -3.09. The topological polar surface area (TPSA) is 104 Å². The van der Waals surface area contributed by atoms with Crippen LogP contribution >= 0.6 is 0 Å². The van der Waals surface area contributed by atoms with Crippen LogP contribution in [-0.2, 0) is 11.2 Å². The van der Waals surface area contributed by atoms with Crippen molar-refractivity contribution in [1.29, 1.82) is 0 Å². The zero-order valence-electron chi connectivity index (χ0n) is 12.4. The second-order valence-corrected chi connectivity index (χ2v) is 4.89. The average Bonchev–Trinajstić information content (AvgIpc) is 2.54. The molecule has 0 saturated heterocycles. The van der Waals surface area contributed by atoms with Gasteiger partial charge >= 0.3 is 0 Å². The van der Waals surface area contributed by atoms with Gasteiger partial charge in [-0.25, -0.2) is 0 Å². The second-order valence-electron chi connectivity index (χ2n) is 4.89. The number of anilines is 1. The minimum Gasteiger partial charge on any atom is -0.508 e. The lowest BCUT2D eigenvalue weighted by atomic mass is 10.1. The molecule has 0 aromatic heterocycles. The van der Waals surface area contributed by atoms with E-state index in [0.717, 1.165) is 5.56 Å². The van der Waals surface area contributed by atoms with Gasteiger partial charge in [-0.15, -0.1) is 0 Å². The molecule has 7 heteroatoms. The number of benzene rings is 2. The summed E-state index contributed by atoms with van der Waals surface area (Å²) in [6.07, 6.45) is 0.214. The molecular weight excluding hydrogens is 298 g/mol. The number of nitro groups is 1. The van der Waals surface area contributed by atoms with Crippen molar-refractivity contribution in [3.63, 3.8) is 0 Å². The molecule has 1 amide bonds. The summed E-state index contributed by atoms with van der Waals surface area (Å²) < 4.78 is 0. The standard InChI is InChI=1S/C16H17N3O4/c20-13-7-5-12(6-8-13)11-16(21)18-10-9-17-14-3-1-2-4-15(14)19(22)23/h1-8,17,20H,9-11H2,(H,18,21). The number of rotatable bonds is 7. The zero-order chi connectivity index (χ0) is 16.7. The lowest BCUT2D eigenvalue weighted by molar-refractivity contribution is -0.384. The van der Waals surface area contributed by atoms with Crippen LogP contribution in [0.2, 0.25) is 0 Å². The van der Waals surface area contributed by atoms with Gasteiger partial charge in [-0.2, -0.15) is 0 Å². The Bertz CT molecular complexity index is 686. The lowest BCUT2D eigenvalue weighted by Gasteiger charge is -2.08. The molecule has 0 spiro atoms. The van der Waals surface area contributed by atoms with Crippen molar-refractivity contribution in [1.82, 2.24) is 5.32 Å². The minimum atomic E-state index is -0.453. The largest absolute Gasteiger partial charge is 0.508 e. The number of hydrogen-bond donors (Lipinski definition) is 3. The molecule has 2 aromatic rings. The molecule has 2 rings (SSSR count). The van der Waals surface area contributed by atoms with E-state index >= 15 is 0 Å². The molecule has 120 valence electrons. The SMILES string of the molecule is O=C(Cc1ccc(O)cc1)NCCNc1ccccc1[N+](=O)[O-]. The summed E-state index contributed by atoms with van der Waals surface area (Å²) in [5, 5.41) is 25.7. The van der Waals surface area contributed by atoms with Crippen molar-refractivity contribution in [3.05, 3.63) is 64.2 Å². The Labute approximate surface area is 133 Å². The summed E-state index contributed by atoms with van der Waals surface area (Å²) in [4.78, 5) is 22.2. The van der Waals surface area contributed by atoms with E-state index in [0.29, 0.717) is 18.8 Å². The number of phenols is 1. The molecule has 3 N–H and O–H groups in total. The zero-order valence-corrected chi connectivity index (χ0v) is 12.4. The summed E-state index contributed by atoms with van der Waals surface area (Å²) in [7, 11) is 0. The van der Waals surface area contributed by atoms with Crippen LogP contribution < -0.4 is 10.6 Å². The van der Waals surface area contributed by atoms with Crippen molar-refractivity contribution < 1.29 is 14.8 Å². The van der Waals surface area contributed by atoms with Gasteiger partial charge in [-0.3, -0.25) is 14.9 Å². The minimum absolute atomic E-state index is 0.00270. The third-order valence-corrected chi connectivity index (χ3v) is 3.16. The van der Waals surface area contributed by atoms with Gasteiger partial charge in [0.15, 0.2) is 0 Å². The summed E-state index contributed by atoms with van der Waals surface area (Å²) >= 11 is 0. The van der Waals surface area contributed by atoms with Crippen LogP contribution in [0.3, 0.4) is 0 Å². The van der Waals surface area contributed by atoms with Crippen LogP contribution in [0.15, 0.2) is 48.5 Å². The number of aromatic hydroxyl groups is 1. The molecular formula is C16H17N3O4. The summed E-state index contributed by atoms with van der Waals surface area (Å²) in [5.41, 5.74) is 1.22. The number of nitrogens with one attached hydrogen (secondary N) is 2. The van der Waals surface area contributed by atoms with Crippen molar-refractivity contribution in [2.75, 3.05) is 18.4 Å². The molecule has 0 bridgehead atoms. The van der Waals surface area contributed by atoms with Gasteiger partial charge in [0, 0.05) is 19.2 Å². The highest BCUT2D eigenvalue weighted by atomic mass is 16.6. The van der Waals surface area contributed by atoms with E-state index in [1.165, 1.54) is 18.2 Å². The highest BCUT2D eigenvalue weighted by Gasteiger charge is 2.11. The van der Waals surface area contributed by atoms with E-state index in [1.54, 1.807) is 30.3 Å². The summed E-state index contributed by atoms with van der Waals surface area (Å²) in [6, 6.07) is 12.8. The molecule has 0 unspecified atom stereocenters. The predicted octanol–water partition coefficient (Wildman–Crippen LogP) is 2.07. The van der Waals surface area contributed by atoms with E-state index in [2.05, 4.69) is 10.6 Å². The highest BCUT2D eigenvalue weighted by Crippen LogP contribution is 2.22. The molecule has 23 heavy (non-hydrogen) atoms. The van der Waals surface area contributed by atoms with Crippen molar-refractivity contribution >= 4 is 17.3 Å². The molecule has 0 fully saturated rings. The van der Waals surface area contributed by atoms with Gasteiger partial charge < -0.3 is 15.7 Å². The first-order valence-corrected chi connectivity index (χ1v) is 7.08. The number of nitro benzene ring substituents is 1. The molecule has 2 aromatic carbocycles. The third-order valence-electron chi connectivity index (χ3n) is 3.16. The number of carbonyl (C=O) groups excluding carboxylic acids is 1. The number of hydrogen-bond acceptors (Lipinski definition) is 5. The fourth-order valence-corrected chi connectivity index (χ4v) is 2.04. The second kappa shape index (κ2) is 7.79. The molecule has 0 aliphatic heterocycles. The molecule has 0 aliphatic rings. The number of nitrogens with zero attached hydrogens (tertiary/aromatic N) is 1. The maximum atomic E-state index is 11.8. The van der Waals surface area contributed by atoms with E-state index in [9.17, 15) is 20.0 Å². The quantitative estimate of drug-likeness (QED) is 0.412. The van der Waals surface area contributed by atoms with Crippen molar-refractivity contribution in [2.24, 2.45) is 0 Å². The molecule has 0 heterocycles. The van der Waals surface area contributed by atoms with Gasteiger partial charge in [0.25, 0.3) is 5.69 Å². The third kappa shape index (κ3) is 4.99. The molecule has 0 saturated carbocycles. The predicted molar refractivity (Wildman–Crippen MR) is 86.4 cm³/mol. The highest BCUT2D eigenvalue weighted by molar-refractivity contribution is 5.78. The first-order chi connectivity index (χ1) is 11.1. The average molecular weight is 315 g/mol. The van der Waals surface area contributed by atoms with Gasteiger partial charge in [-0.1, -0.05) is 24.3 Å². The molecule has 0 atom stereocenters. The fraction of sp³-hybridized carbons (Fsp3) is 0.188. The van der Waals surface area contributed by atoms with Crippen molar-refractivity contribution in [3.8, 4) is 5.75 Å². The van der Waals surface area contributed by atoms with E-state index in [4.69, 9.17) is 0 Å². The fourth-order valence-electron chi connectivity index (χ4n) is 2.04. The maximum absolute atomic E-state index is 11.8. The lowest BCUT2D eigenvalue weighted by Crippen LogP contribution is -2.30. The Morgan fingerprint density at radius 1 is 1.09 bits per heavy atom. The number of amides is 1. The Balaban J connectivity index is 1.76. The molecule has 0 aliphatic carbocycles. The van der Waals surface area contributed by atoms with Gasteiger partial charge in [0.2, 0.25) is 5.91 Å². The molecule has 0 radical (unpaired) electrons. The van der Waals surface area contributed by atoms with Crippen LogP contribution in [0.4, 0.5) is 11.4 Å². The van der Waals surface area contributed by atoms with Gasteiger partial charge in [0.05, 0.1) is 11.3 Å². The Kier molecular flexibility index (Phi) is 5.51. The normalized spacial score (nSPS) is 10.1. The number of phenolic OH excluding ortho intramolecular Hbond substituents is 1. The monoisotopic (exact) mass is 315 g/mol. The van der Waals surface area contributed by atoms with Crippen molar-refractivity contribution in [2.45, 2.75) is 6.42 Å². The van der Waals surface area contributed by atoms with E-state index < -0.39 is 4.92 Å². The van der Waals surface area contributed by atoms with Crippen LogP contribution in [0.25, 0.3) is 0 Å². The van der Waals surface area contributed by atoms with Crippen LogP contribution in [-0.4, -0.2) is 29.0 Å². The first-order valence-electron chi connectivity index (χ1n) is 7.08. The Morgan fingerprint density at radius 2 is 1.78 bits per heavy atom. The van der Waals surface area contributed by atoms with Crippen LogP contribution in [0, 0.1) is 10.1 Å². The van der Waals surface area contributed by atoms with Gasteiger partial charge in [-0.05, 0) is 23.8 Å².